The third-order valence-electron chi connectivity index (χ3n) is 4.02. The zero-order valence-corrected chi connectivity index (χ0v) is 11.6. The maximum Gasteiger partial charge on any atom is 0.00926 e. The fourth-order valence-corrected chi connectivity index (χ4v) is 2.98. The SMILES string of the molecule is CCC(NCCCC(C)C)C1CCCCC1. The third-order valence-corrected chi connectivity index (χ3v) is 4.02. The lowest BCUT2D eigenvalue weighted by Crippen LogP contribution is -2.37. The first-order valence-electron chi connectivity index (χ1n) is 7.47. The Hall–Kier alpha value is -0.0400. The van der Waals surface area contributed by atoms with Gasteiger partial charge in [0.2, 0.25) is 0 Å². The van der Waals surface area contributed by atoms with Crippen LogP contribution in [0, 0.1) is 11.8 Å². The number of nitrogens with one attached hydrogen (secondary N) is 1. The number of rotatable bonds is 7. The first kappa shape index (κ1) is 14.0. The lowest BCUT2D eigenvalue weighted by Gasteiger charge is -2.30. The van der Waals surface area contributed by atoms with E-state index in [9.17, 15) is 0 Å². The van der Waals surface area contributed by atoms with Crippen molar-refractivity contribution < 1.29 is 0 Å². The van der Waals surface area contributed by atoms with Crippen LogP contribution in [-0.4, -0.2) is 12.6 Å². The van der Waals surface area contributed by atoms with Crippen molar-refractivity contribution in [2.45, 2.75) is 78.2 Å². The summed E-state index contributed by atoms with van der Waals surface area (Å²) in [6, 6.07) is 0.799. The van der Waals surface area contributed by atoms with Crippen molar-refractivity contribution in [2.75, 3.05) is 6.54 Å². The van der Waals surface area contributed by atoms with Gasteiger partial charge in [-0.15, -0.1) is 0 Å². The molecule has 0 aliphatic heterocycles. The average molecular weight is 225 g/mol. The number of hydrogen-bond acceptors (Lipinski definition) is 1. The Balaban J connectivity index is 2.15. The van der Waals surface area contributed by atoms with Crippen LogP contribution in [0.15, 0.2) is 0 Å². The second-order valence-electron chi connectivity index (χ2n) is 5.90. The summed E-state index contributed by atoms with van der Waals surface area (Å²) in [6.07, 6.45) is 11.4. The van der Waals surface area contributed by atoms with Crippen LogP contribution in [0.2, 0.25) is 0 Å². The van der Waals surface area contributed by atoms with E-state index in [0.717, 1.165) is 17.9 Å². The predicted molar refractivity (Wildman–Crippen MR) is 72.7 cm³/mol. The molecule has 0 amide bonds. The van der Waals surface area contributed by atoms with Gasteiger partial charge in [0.25, 0.3) is 0 Å². The molecule has 0 heterocycles. The molecular formula is C15H31N. The van der Waals surface area contributed by atoms with Gasteiger partial charge >= 0.3 is 0 Å². The molecule has 1 nitrogen and oxygen atoms in total. The van der Waals surface area contributed by atoms with E-state index in [2.05, 4.69) is 26.1 Å². The van der Waals surface area contributed by atoms with Crippen LogP contribution < -0.4 is 5.32 Å². The van der Waals surface area contributed by atoms with Crippen molar-refractivity contribution in [1.29, 1.82) is 0 Å². The van der Waals surface area contributed by atoms with E-state index in [-0.39, 0.29) is 0 Å². The topological polar surface area (TPSA) is 12.0 Å². The second-order valence-corrected chi connectivity index (χ2v) is 5.90. The Morgan fingerprint density at radius 1 is 1.12 bits per heavy atom. The van der Waals surface area contributed by atoms with Crippen molar-refractivity contribution in [3.05, 3.63) is 0 Å². The molecular weight excluding hydrogens is 194 g/mol. The van der Waals surface area contributed by atoms with Crippen LogP contribution in [0.4, 0.5) is 0 Å². The quantitative estimate of drug-likeness (QED) is 0.634. The summed E-state index contributed by atoms with van der Waals surface area (Å²) in [4.78, 5) is 0. The van der Waals surface area contributed by atoms with E-state index < -0.39 is 0 Å². The minimum absolute atomic E-state index is 0.799. The van der Waals surface area contributed by atoms with Crippen LogP contribution in [0.25, 0.3) is 0 Å². The summed E-state index contributed by atoms with van der Waals surface area (Å²) < 4.78 is 0. The molecule has 1 fully saturated rings. The van der Waals surface area contributed by atoms with E-state index >= 15 is 0 Å². The highest BCUT2D eigenvalue weighted by atomic mass is 14.9. The minimum atomic E-state index is 0.799. The molecule has 1 unspecified atom stereocenters. The van der Waals surface area contributed by atoms with Gasteiger partial charge in [-0.25, -0.2) is 0 Å². The van der Waals surface area contributed by atoms with Gasteiger partial charge < -0.3 is 5.32 Å². The van der Waals surface area contributed by atoms with E-state index in [1.807, 2.05) is 0 Å². The smallest absolute Gasteiger partial charge is 0.00926 e. The van der Waals surface area contributed by atoms with Crippen LogP contribution in [0.5, 0.6) is 0 Å². The summed E-state index contributed by atoms with van der Waals surface area (Å²) in [6.45, 7) is 8.21. The fourth-order valence-electron chi connectivity index (χ4n) is 2.98. The summed E-state index contributed by atoms with van der Waals surface area (Å²) >= 11 is 0. The zero-order chi connectivity index (χ0) is 11.8. The Labute approximate surface area is 102 Å². The van der Waals surface area contributed by atoms with Crippen molar-refractivity contribution >= 4 is 0 Å². The molecule has 1 saturated carbocycles. The lowest BCUT2D eigenvalue weighted by atomic mass is 9.83. The summed E-state index contributed by atoms with van der Waals surface area (Å²) in [5, 5.41) is 3.79. The van der Waals surface area contributed by atoms with Gasteiger partial charge in [0.1, 0.15) is 0 Å². The molecule has 0 saturated heterocycles. The Morgan fingerprint density at radius 2 is 1.81 bits per heavy atom. The summed E-state index contributed by atoms with van der Waals surface area (Å²) in [7, 11) is 0. The fraction of sp³-hybridized carbons (Fsp3) is 1.00. The molecule has 1 heteroatoms. The molecule has 1 aliphatic carbocycles. The minimum Gasteiger partial charge on any atom is -0.314 e. The molecule has 16 heavy (non-hydrogen) atoms. The zero-order valence-electron chi connectivity index (χ0n) is 11.6. The van der Waals surface area contributed by atoms with E-state index in [1.54, 1.807) is 0 Å². The Kier molecular flexibility index (Phi) is 7.11. The van der Waals surface area contributed by atoms with Crippen molar-refractivity contribution in [3.63, 3.8) is 0 Å². The molecule has 0 bridgehead atoms. The molecule has 0 aromatic heterocycles. The molecule has 1 rings (SSSR count). The van der Waals surface area contributed by atoms with Gasteiger partial charge in [-0.1, -0.05) is 40.0 Å². The van der Waals surface area contributed by atoms with Crippen LogP contribution in [0.1, 0.15) is 72.1 Å². The molecule has 1 atom stereocenters. The largest absolute Gasteiger partial charge is 0.314 e. The molecule has 0 spiro atoms. The molecule has 0 radical (unpaired) electrons. The van der Waals surface area contributed by atoms with E-state index in [0.29, 0.717) is 0 Å². The molecule has 96 valence electrons. The second kappa shape index (κ2) is 8.11. The highest BCUT2D eigenvalue weighted by molar-refractivity contribution is 4.78. The van der Waals surface area contributed by atoms with Gasteiger partial charge in [-0.3, -0.25) is 0 Å². The van der Waals surface area contributed by atoms with Gasteiger partial charge in [-0.2, -0.15) is 0 Å². The first-order chi connectivity index (χ1) is 7.74. The highest BCUT2D eigenvalue weighted by Gasteiger charge is 2.21. The highest BCUT2D eigenvalue weighted by Crippen LogP contribution is 2.27. The van der Waals surface area contributed by atoms with Gasteiger partial charge in [0, 0.05) is 6.04 Å². The van der Waals surface area contributed by atoms with Crippen LogP contribution >= 0.6 is 0 Å². The maximum atomic E-state index is 3.79. The van der Waals surface area contributed by atoms with Gasteiger partial charge in [0.15, 0.2) is 0 Å². The molecule has 1 N–H and O–H groups in total. The predicted octanol–water partition coefficient (Wildman–Crippen LogP) is 4.37. The normalized spacial score (nSPS) is 20.2. The lowest BCUT2D eigenvalue weighted by molar-refractivity contribution is 0.261. The molecule has 0 aromatic carbocycles. The van der Waals surface area contributed by atoms with E-state index in [1.165, 1.54) is 57.9 Å². The van der Waals surface area contributed by atoms with Crippen LogP contribution in [0.3, 0.4) is 0 Å². The van der Waals surface area contributed by atoms with Crippen molar-refractivity contribution in [2.24, 2.45) is 11.8 Å². The summed E-state index contributed by atoms with van der Waals surface area (Å²) in [5.74, 6) is 1.83. The van der Waals surface area contributed by atoms with Gasteiger partial charge in [0.05, 0.1) is 0 Å². The summed E-state index contributed by atoms with van der Waals surface area (Å²) in [5.41, 5.74) is 0. The molecule has 0 aromatic rings. The van der Waals surface area contributed by atoms with E-state index in [4.69, 9.17) is 0 Å². The Bertz CT molecular complexity index is 159. The number of hydrogen-bond donors (Lipinski definition) is 1. The maximum absolute atomic E-state index is 3.79. The van der Waals surface area contributed by atoms with Crippen molar-refractivity contribution in [1.82, 2.24) is 5.32 Å². The standard InChI is InChI=1S/C15H31N/c1-4-15(14-10-6-5-7-11-14)16-12-8-9-13(2)3/h13-16H,4-12H2,1-3H3. The Morgan fingerprint density at radius 3 is 2.38 bits per heavy atom. The monoisotopic (exact) mass is 225 g/mol. The van der Waals surface area contributed by atoms with Gasteiger partial charge in [-0.05, 0) is 50.5 Å². The third kappa shape index (κ3) is 5.34. The molecule has 1 aliphatic rings. The van der Waals surface area contributed by atoms with Crippen LogP contribution in [-0.2, 0) is 0 Å². The average Bonchev–Trinajstić information content (AvgIpc) is 2.30. The first-order valence-corrected chi connectivity index (χ1v) is 7.47. The van der Waals surface area contributed by atoms with Crippen molar-refractivity contribution in [3.8, 4) is 0 Å².